The Kier molecular flexibility index (Phi) is 2.53. The van der Waals surface area contributed by atoms with Gasteiger partial charge in [-0.1, -0.05) is 23.5 Å². The standard InChI is InChI=1S/C12H15N3S/c1-15(9-6-7-13-8-9)12-14-10-4-2-3-5-11(10)16-12/h2-5,9,13H,6-8H2,1H3/t9-/m0/s1. The smallest absolute Gasteiger partial charge is 0.186 e. The van der Waals surface area contributed by atoms with Crippen LogP contribution in [0.25, 0.3) is 10.2 Å². The number of aromatic nitrogens is 1. The molecule has 1 aromatic heterocycles. The van der Waals surface area contributed by atoms with Crippen LogP contribution < -0.4 is 10.2 Å². The van der Waals surface area contributed by atoms with Gasteiger partial charge in [-0.15, -0.1) is 0 Å². The van der Waals surface area contributed by atoms with Gasteiger partial charge in [-0.3, -0.25) is 0 Å². The van der Waals surface area contributed by atoms with E-state index >= 15 is 0 Å². The highest BCUT2D eigenvalue weighted by Gasteiger charge is 2.21. The SMILES string of the molecule is CN(c1nc2ccccc2s1)[C@H]1CCNC1. The molecule has 1 aliphatic rings. The fourth-order valence-corrected chi connectivity index (χ4v) is 3.14. The molecule has 1 N–H and O–H groups in total. The van der Waals surface area contributed by atoms with Crippen molar-refractivity contribution in [3.63, 3.8) is 0 Å². The molecule has 0 radical (unpaired) electrons. The molecular weight excluding hydrogens is 218 g/mol. The van der Waals surface area contributed by atoms with Gasteiger partial charge in [0.1, 0.15) is 0 Å². The van der Waals surface area contributed by atoms with E-state index in [1.165, 1.54) is 11.1 Å². The first-order valence-electron chi connectivity index (χ1n) is 5.64. The Labute approximate surface area is 99.1 Å². The molecule has 0 aliphatic carbocycles. The minimum atomic E-state index is 0.598. The van der Waals surface area contributed by atoms with Gasteiger partial charge in [0.25, 0.3) is 0 Å². The fraction of sp³-hybridized carbons (Fsp3) is 0.417. The Hall–Kier alpha value is -1.13. The molecule has 84 valence electrons. The topological polar surface area (TPSA) is 28.2 Å². The summed E-state index contributed by atoms with van der Waals surface area (Å²) in [5, 5.41) is 4.53. The van der Waals surface area contributed by atoms with E-state index in [1.807, 2.05) is 6.07 Å². The molecule has 4 heteroatoms. The quantitative estimate of drug-likeness (QED) is 0.861. The van der Waals surface area contributed by atoms with E-state index < -0.39 is 0 Å². The summed E-state index contributed by atoms with van der Waals surface area (Å²) >= 11 is 1.78. The van der Waals surface area contributed by atoms with Crippen LogP contribution in [0.15, 0.2) is 24.3 Å². The number of nitrogens with one attached hydrogen (secondary N) is 1. The lowest BCUT2D eigenvalue weighted by molar-refractivity contribution is 0.684. The molecule has 3 rings (SSSR count). The summed E-state index contributed by atoms with van der Waals surface area (Å²) in [6.45, 7) is 2.20. The summed E-state index contributed by atoms with van der Waals surface area (Å²) in [5.74, 6) is 0. The third-order valence-electron chi connectivity index (χ3n) is 3.17. The molecule has 1 fully saturated rings. The average molecular weight is 233 g/mol. The molecule has 1 atom stereocenters. The predicted molar refractivity (Wildman–Crippen MR) is 69.3 cm³/mol. The molecule has 0 bridgehead atoms. The second-order valence-corrected chi connectivity index (χ2v) is 5.23. The third kappa shape index (κ3) is 1.68. The lowest BCUT2D eigenvalue weighted by atomic mass is 10.2. The summed E-state index contributed by atoms with van der Waals surface area (Å²) in [4.78, 5) is 6.98. The van der Waals surface area contributed by atoms with Gasteiger partial charge in [0.05, 0.1) is 10.2 Å². The molecule has 2 heterocycles. The predicted octanol–water partition coefficient (Wildman–Crippen LogP) is 2.09. The van der Waals surface area contributed by atoms with E-state index in [-0.39, 0.29) is 0 Å². The van der Waals surface area contributed by atoms with Crippen LogP contribution >= 0.6 is 11.3 Å². The minimum absolute atomic E-state index is 0.598. The number of nitrogens with zero attached hydrogens (tertiary/aromatic N) is 2. The molecule has 0 saturated carbocycles. The van der Waals surface area contributed by atoms with Crippen LogP contribution in [0.5, 0.6) is 0 Å². The molecule has 3 nitrogen and oxygen atoms in total. The van der Waals surface area contributed by atoms with Gasteiger partial charge in [-0.05, 0) is 25.1 Å². The van der Waals surface area contributed by atoms with Crippen molar-refractivity contribution in [2.75, 3.05) is 25.0 Å². The largest absolute Gasteiger partial charge is 0.347 e. The van der Waals surface area contributed by atoms with Crippen LogP contribution in [0.4, 0.5) is 5.13 Å². The van der Waals surface area contributed by atoms with Crippen LogP contribution in [0.3, 0.4) is 0 Å². The molecule has 1 aliphatic heterocycles. The number of hydrogen-bond acceptors (Lipinski definition) is 4. The van der Waals surface area contributed by atoms with Crippen molar-refractivity contribution in [1.82, 2.24) is 10.3 Å². The van der Waals surface area contributed by atoms with E-state index in [0.29, 0.717) is 6.04 Å². The fourth-order valence-electron chi connectivity index (χ4n) is 2.14. The Morgan fingerprint density at radius 2 is 2.31 bits per heavy atom. The normalized spacial score (nSPS) is 20.4. The van der Waals surface area contributed by atoms with Crippen LogP contribution in [0, 0.1) is 0 Å². The van der Waals surface area contributed by atoms with Crippen molar-refractivity contribution in [2.45, 2.75) is 12.5 Å². The molecule has 0 amide bonds. The zero-order chi connectivity index (χ0) is 11.0. The van der Waals surface area contributed by atoms with Gasteiger partial charge < -0.3 is 10.2 Å². The zero-order valence-electron chi connectivity index (χ0n) is 9.31. The molecule has 16 heavy (non-hydrogen) atoms. The first kappa shape index (κ1) is 10.1. The van der Waals surface area contributed by atoms with E-state index in [2.05, 4.69) is 40.4 Å². The summed E-state index contributed by atoms with van der Waals surface area (Å²) < 4.78 is 1.27. The van der Waals surface area contributed by atoms with Crippen molar-refractivity contribution in [3.8, 4) is 0 Å². The number of thiazole rings is 1. The first-order chi connectivity index (χ1) is 7.84. The highest BCUT2D eigenvalue weighted by atomic mass is 32.1. The second kappa shape index (κ2) is 4.03. The van der Waals surface area contributed by atoms with Gasteiger partial charge in [-0.25, -0.2) is 4.98 Å². The lowest BCUT2D eigenvalue weighted by Crippen LogP contribution is -2.33. The first-order valence-corrected chi connectivity index (χ1v) is 6.45. The number of fused-ring (bicyclic) bond motifs is 1. The Morgan fingerprint density at radius 3 is 3.06 bits per heavy atom. The second-order valence-electron chi connectivity index (χ2n) is 4.22. The number of anilines is 1. The number of likely N-dealkylation sites (N-methyl/N-ethyl adjacent to an activating group) is 1. The van der Waals surface area contributed by atoms with E-state index in [4.69, 9.17) is 0 Å². The minimum Gasteiger partial charge on any atom is -0.347 e. The highest BCUT2D eigenvalue weighted by molar-refractivity contribution is 7.22. The van der Waals surface area contributed by atoms with E-state index in [9.17, 15) is 0 Å². The van der Waals surface area contributed by atoms with Crippen molar-refractivity contribution >= 4 is 26.7 Å². The van der Waals surface area contributed by atoms with E-state index in [0.717, 1.165) is 23.7 Å². The Bertz CT molecular complexity index is 455. The summed E-state index contributed by atoms with van der Waals surface area (Å²) in [5.41, 5.74) is 1.11. The van der Waals surface area contributed by atoms with Gasteiger partial charge in [0.2, 0.25) is 0 Å². The summed E-state index contributed by atoms with van der Waals surface area (Å²) in [7, 11) is 2.15. The Balaban J connectivity index is 1.92. The molecule has 0 spiro atoms. The van der Waals surface area contributed by atoms with Crippen molar-refractivity contribution in [3.05, 3.63) is 24.3 Å². The molecule has 0 unspecified atom stereocenters. The van der Waals surface area contributed by atoms with Gasteiger partial charge in [0, 0.05) is 19.6 Å². The summed E-state index contributed by atoms with van der Waals surface area (Å²) in [6.07, 6.45) is 1.21. The maximum atomic E-state index is 4.67. The van der Waals surface area contributed by atoms with Gasteiger partial charge in [0.15, 0.2) is 5.13 Å². The van der Waals surface area contributed by atoms with Crippen molar-refractivity contribution < 1.29 is 0 Å². The van der Waals surface area contributed by atoms with Crippen LogP contribution in [0.2, 0.25) is 0 Å². The number of rotatable bonds is 2. The van der Waals surface area contributed by atoms with Gasteiger partial charge in [-0.2, -0.15) is 0 Å². The number of benzene rings is 1. The van der Waals surface area contributed by atoms with Gasteiger partial charge >= 0.3 is 0 Å². The molecule has 1 aromatic carbocycles. The lowest BCUT2D eigenvalue weighted by Gasteiger charge is -2.22. The van der Waals surface area contributed by atoms with Crippen LogP contribution in [0.1, 0.15) is 6.42 Å². The highest BCUT2D eigenvalue weighted by Crippen LogP contribution is 2.29. The maximum absolute atomic E-state index is 4.67. The van der Waals surface area contributed by atoms with Crippen LogP contribution in [-0.4, -0.2) is 31.2 Å². The zero-order valence-corrected chi connectivity index (χ0v) is 10.1. The molecule has 2 aromatic rings. The van der Waals surface area contributed by atoms with Crippen molar-refractivity contribution in [2.24, 2.45) is 0 Å². The molecular formula is C12H15N3S. The summed E-state index contributed by atoms with van der Waals surface area (Å²) in [6, 6.07) is 8.93. The number of para-hydroxylation sites is 1. The monoisotopic (exact) mass is 233 g/mol. The van der Waals surface area contributed by atoms with Crippen LogP contribution in [-0.2, 0) is 0 Å². The van der Waals surface area contributed by atoms with E-state index in [1.54, 1.807) is 11.3 Å². The Morgan fingerprint density at radius 1 is 1.44 bits per heavy atom. The average Bonchev–Trinajstić information content (AvgIpc) is 2.97. The number of hydrogen-bond donors (Lipinski definition) is 1. The third-order valence-corrected chi connectivity index (χ3v) is 4.29. The maximum Gasteiger partial charge on any atom is 0.186 e. The molecule has 1 saturated heterocycles. The van der Waals surface area contributed by atoms with Crippen molar-refractivity contribution in [1.29, 1.82) is 0 Å².